The number of fused-ring (bicyclic) bond motifs is 1. The molecule has 25 heavy (non-hydrogen) atoms. The lowest BCUT2D eigenvalue weighted by Gasteiger charge is -2.12. The number of imidazole rings is 1. The minimum atomic E-state index is -1.52. The highest BCUT2D eigenvalue weighted by molar-refractivity contribution is 7.90. The van der Waals surface area contributed by atoms with E-state index < -0.39 is 18.0 Å². The van der Waals surface area contributed by atoms with Crippen molar-refractivity contribution in [3.8, 4) is 17.2 Å². The Morgan fingerprint density at radius 2 is 2.04 bits per heavy atom. The molecule has 1 atom stereocenters. The molecule has 0 aliphatic heterocycles. The average Bonchev–Trinajstić information content (AvgIpc) is 3.07. The standard InChI is InChI=1S/C16H16FN3O4S/c1-22-13-6-7-18-11(15(13)23-2)8-25(21)16-19-10-4-3-5-12(24-9-17)14(10)20-16/h3-7H,8-9H2,1-2H3,(H,19,20)/t25-/m0/s1. The number of aromatic nitrogens is 3. The molecule has 9 heteroatoms. The monoisotopic (exact) mass is 365 g/mol. The second kappa shape index (κ2) is 7.58. The highest BCUT2D eigenvalue weighted by Crippen LogP contribution is 2.32. The summed E-state index contributed by atoms with van der Waals surface area (Å²) >= 11 is -1.52. The number of ether oxygens (including phenoxy) is 3. The Morgan fingerprint density at radius 1 is 1.20 bits per heavy atom. The van der Waals surface area contributed by atoms with Crippen LogP contribution >= 0.6 is 0 Å². The van der Waals surface area contributed by atoms with Gasteiger partial charge in [0, 0.05) is 23.4 Å². The highest BCUT2D eigenvalue weighted by Gasteiger charge is 2.23. The van der Waals surface area contributed by atoms with E-state index in [0.29, 0.717) is 28.2 Å². The van der Waals surface area contributed by atoms with Gasteiger partial charge >= 0.3 is 5.16 Å². The van der Waals surface area contributed by atoms with Crippen molar-refractivity contribution in [3.05, 3.63) is 36.2 Å². The van der Waals surface area contributed by atoms with Gasteiger partial charge in [0.25, 0.3) is 0 Å². The summed E-state index contributed by atoms with van der Waals surface area (Å²) in [5, 5.41) is 0.247. The molecule has 0 saturated heterocycles. The SMILES string of the molecule is COc1ccnc(C[S@+]([O-])c2nc3c(OCF)cccc3[nH]2)c1OC. The van der Waals surface area contributed by atoms with Crippen molar-refractivity contribution in [2.24, 2.45) is 0 Å². The van der Waals surface area contributed by atoms with E-state index in [1.165, 1.54) is 14.2 Å². The maximum atomic E-state index is 12.7. The maximum absolute atomic E-state index is 12.7. The van der Waals surface area contributed by atoms with Crippen LogP contribution in [0.2, 0.25) is 0 Å². The molecule has 2 aromatic heterocycles. The van der Waals surface area contributed by atoms with Crippen molar-refractivity contribution in [2.75, 3.05) is 21.1 Å². The smallest absolute Gasteiger partial charge is 0.322 e. The maximum Gasteiger partial charge on any atom is 0.322 e. The summed E-state index contributed by atoms with van der Waals surface area (Å²) in [6, 6.07) is 6.71. The molecule has 0 bridgehead atoms. The van der Waals surface area contributed by atoms with Gasteiger partial charge in [0.05, 0.1) is 19.7 Å². The number of pyridine rings is 1. The van der Waals surface area contributed by atoms with Crippen molar-refractivity contribution in [1.82, 2.24) is 15.0 Å². The lowest BCUT2D eigenvalue weighted by atomic mass is 10.3. The molecule has 0 radical (unpaired) electrons. The van der Waals surface area contributed by atoms with Crippen molar-refractivity contribution in [1.29, 1.82) is 0 Å². The van der Waals surface area contributed by atoms with E-state index in [2.05, 4.69) is 15.0 Å². The van der Waals surface area contributed by atoms with E-state index in [4.69, 9.17) is 14.2 Å². The number of aromatic amines is 1. The molecule has 132 valence electrons. The van der Waals surface area contributed by atoms with Gasteiger partial charge < -0.3 is 18.8 Å². The van der Waals surface area contributed by atoms with E-state index in [0.717, 1.165) is 0 Å². The summed E-state index contributed by atoms with van der Waals surface area (Å²) < 4.78 is 40.6. The molecule has 7 nitrogen and oxygen atoms in total. The number of H-pyrrole nitrogens is 1. The average molecular weight is 365 g/mol. The summed E-state index contributed by atoms with van der Waals surface area (Å²) in [5.74, 6) is 1.31. The predicted molar refractivity (Wildman–Crippen MR) is 90.2 cm³/mol. The lowest BCUT2D eigenvalue weighted by molar-refractivity contribution is 0.193. The van der Waals surface area contributed by atoms with Crippen LogP contribution in [0.3, 0.4) is 0 Å². The molecular formula is C16H16FN3O4S. The van der Waals surface area contributed by atoms with Crippen LogP contribution in [0, 0.1) is 0 Å². The third-order valence-corrected chi connectivity index (χ3v) is 4.67. The van der Waals surface area contributed by atoms with E-state index in [9.17, 15) is 8.94 Å². The largest absolute Gasteiger partial charge is 0.609 e. The number of nitrogens with zero attached hydrogens (tertiary/aromatic N) is 2. The van der Waals surface area contributed by atoms with Gasteiger partial charge in [0.2, 0.25) is 6.86 Å². The molecule has 0 spiro atoms. The fraction of sp³-hybridized carbons (Fsp3) is 0.250. The first-order valence-corrected chi connectivity index (χ1v) is 8.61. The Balaban J connectivity index is 1.90. The summed E-state index contributed by atoms with van der Waals surface area (Å²) in [7, 11) is 3.01. The number of benzene rings is 1. The zero-order valence-corrected chi connectivity index (χ0v) is 14.4. The van der Waals surface area contributed by atoms with Crippen molar-refractivity contribution in [2.45, 2.75) is 10.9 Å². The third kappa shape index (κ3) is 3.47. The number of methoxy groups -OCH3 is 2. The van der Waals surface area contributed by atoms with Gasteiger partial charge in [0.1, 0.15) is 11.2 Å². The Labute approximate surface area is 146 Å². The zero-order chi connectivity index (χ0) is 17.8. The first-order valence-electron chi connectivity index (χ1n) is 7.29. The van der Waals surface area contributed by atoms with Gasteiger partial charge in [-0.25, -0.2) is 4.39 Å². The minimum Gasteiger partial charge on any atom is -0.609 e. The predicted octanol–water partition coefficient (Wildman–Crippen LogP) is 2.59. The molecule has 0 fully saturated rings. The quantitative estimate of drug-likeness (QED) is 0.647. The van der Waals surface area contributed by atoms with Crippen LogP contribution in [0.25, 0.3) is 11.0 Å². The third-order valence-electron chi connectivity index (χ3n) is 3.51. The van der Waals surface area contributed by atoms with E-state index in [-0.39, 0.29) is 16.7 Å². The number of hydrogen-bond acceptors (Lipinski definition) is 6. The molecular weight excluding hydrogens is 349 g/mol. The Morgan fingerprint density at radius 3 is 2.76 bits per heavy atom. The van der Waals surface area contributed by atoms with E-state index in [1.54, 1.807) is 30.5 Å². The fourth-order valence-electron chi connectivity index (χ4n) is 2.41. The Hall–Kier alpha value is -2.52. The van der Waals surface area contributed by atoms with Crippen LogP contribution in [0.15, 0.2) is 35.6 Å². The van der Waals surface area contributed by atoms with Crippen LogP contribution in [0.4, 0.5) is 4.39 Å². The summed E-state index contributed by atoms with van der Waals surface area (Å²) in [5.41, 5.74) is 1.52. The molecule has 3 aromatic rings. The minimum absolute atomic E-state index is 0.0828. The summed E-state index contributed by atoms with van der Waals surface area (Å²) in [6.45, 7) is -0.963. The number of halogens is 1. The molecule has 0 saturated carbocycles. The number of rotatable bonds is 7. The van der Waals surface area contributed by atoms with Crippen LogP contribution in [0.1, 0.15) is 5.69 Å². The van der Waals surface area contributed by atoms with Crippen LogP contribution in [-0.4, -0.2) is 40.6 Å². The number of alkyl halides is 1. The Bertz CT molecular complexity index is 874. The molecule has 0 unspecified atom stereocenters. The van der Waals surface area contributed by atoms with Gasteiger partial charge in [-0.1, -0.05) is 6.07 Å². The van der Waals surface area contributed by atoms with Crippen LogP contribution in [0.5, 0.6) is 17.2 Å². The van der Waals surface area contributed by atoms with Gasteiger partial charge in [-0.05, 0) is 12.1 Å². The molecule has 1 aromatic carbocycles. The zero-order valence-electron chi connectivity index (χ0n) is 13.6. The fourth-order valence-corrected chi connectivity index (χ4v) is 3.42. The van der Waals surface area contributed by atoms with E-state index in [1.807, 2.05) is 0 Å². The molecule has 0 aliphatic rings. The van der Waals surface area contributed by atoms with Gasteiger partial charge in [-0.2, -0.15) is 4.98 Å². The molecule has 2 heterocycles. The van der Waals surface area contributed by atoms with Crippen LogP contribution < -0.4 is 14.2 Å². The number of para-hydroxylation sites is 1. The lowest BCUT2D eigenvalue weighted by Crippen LogP contribution is -2.10. The molecule has 1 N–H and O–H groups in total. The highest BCUT2D eigenvalue weighted by atomic mass is 32.2. The van der Waals surface area contributed by atoms with Crippen molar-refractivity contribution >= 4 is 22.2 Å². The number of hydrogen-bond donors (Lipinski definition) is 1. The van der Waals surface area contributed by atoms with Crippen LogP contribution in [-0.2, 0) is 16.9 Å². The summed E-state index contributed by atoms with van der Waals surface area (Å²) in [4.78, 5) is 11.5. The van der Waals surface area contributed by atoms with Crippen molar-refractivity contribution < 1.29 is 23.2 Å². The first-order chi connectivity index (χ1) is 12.2. The Kier molecular flexibility index (Phi) is 5.25. The molecule has 3 rings (SSSR count). The number of nitrogens with one attached hydrogen (secondary N) is 1. The normalized spacial score (nSPS) is 12.2. The summed E-state index contributed by atoms with van der Waals surface area (Å²) in [6.07, 6.45) is 1.56. The topological polar surface area (TPSA) is 92.3 Å². The second-order valence-corrected chi connectivity index (χ2v) is 6.30. The van der Waals surface area contributed by atoms with Crippen molar-refractivity contribution in [3.63, 3.8) is 0 Å². The molecule has 0 aliphatic carbocycles. The van der Waals surface area contributed by atoms with Gasteiger partial charge in [-0.3, -0.25) is 9.97 Å². The molecule has 0 amide bonds. The van der Waals surface area contributed by atoms with Gasteiger partial charge in [0.15, 0.2) is 23.0 Å². The van der Waals surface area contributed by atoms with E-state index >= 15 is 0 Å². The first kappa shape index (κ1) is 17.3. The second-order valence-electron chi connectivity index (χ2n) is 4.93. The van der Waals surface area contributed by atoms with Gasteiger partial charge in [-0.15, -0.1) is 0 Å².